The van der Waals surface area contributed by atoms with Crippen LogP contribution in [0.3, 0.4) is 0 Å². The molecule has 0 saturated carbocycles. The number of nitrogens with zero attached hydrogens (tertiary/aromatic N) is 2. The summed E-state index contributed by atoms with van der Waals surface area (Å²) in [6.45, 7) is 5.68. The highest BCUT2D eigenvalue weighted by Crippen LogP contribution is 2.41. The summed E-state index contributed by atoms with van der Waals surface area (Å²) < 4.78 is 6.14. The fourth-order valence-electron chi connectivity index (χ4n) is 4.85. The number of esters is 1. The third-order valence-corrected chi connectivity index (χ3v) is 9.08. The van der Waals surface area contributed by atoms with Crippen LogP contribution in [-0.4, -0.2) is 35.4 Å². The van der Waals surface area contributed by atoms with Crippen LogP contribution in [0, 0.1) is 5.92 Å². The number of thioether (sulfide) groups is 1. The Morgan fingerprint density at radius 3 is 2.81 bits per heavy atom. The minimum Gasteiger partial charge on any atom is -0.466 e. The van der Waals surface area contributed by atoms with Crippen molar-refractivity contribution in [2.24, 2.45) is 5.92 Å². The first-order valence-electron chi connectivity index (χ1n) is 12.2. The fourth-order valence-corrected chi connectivity index (χ4v) is 6.96. The number of amides is 1. The number of hydrogen-bond donors (Lipinski definition) is 1. The van der Waals surface area contributed by atoms with Crippen molar-refractivity contribution in [1.29, 1.82) is 0 Å². The number of thiazole rings is 1. The highest BCUT2D eigenvalue weighted by atomic mass is 32.2. The monoisotopic (exact) mass is 519 g/mol. The molecule has 2 aliphatic heterocycles. The van der Waals surface area contributed by atoms with Gasteiger partial charge in [-0.25, -0.2) is 9.78 Å². The second-order valence-corrected chi connectivity index (χ2v) is 11.2. The van der Waals surface area contributed by atoms with Gasteiger partial charge in [0.1, 0.15) is 0 Å². The Morgan fingerprint density at radius 2 is 2.03 bits per heavy atom. The van der Waals surface area contributed by atoms with Gasteiger partial charge in [-0.2, -0.15) is 0 Å². The minimum absolute atomic E-state index is 0.102. The van der Waals surface area contributed by atoms with E-state index in [9.17, 15) is 9.59 Å². The van der Waals surface area contributed by atoms with E-state index in [-0.39, 0.29) is 17.8 Å². The molecule has 1 unspecified atom stereocenters. The Labute approximate surface area is 219 Å². The zero-order valence-corrected chi connectivity index (χ0v) is 22.3. The summed E-state index contributed by atoms with van der Waals surface area (Å²) in [5, 5.41) is 4.77. The van der Waals surface area contributed by atoms with Gasteiger partial charge < -0.3 is 9.64 Å². The van der Waals surface area contributed by atoms with Crippen LogP contribution in [0.4, 0.5) is 5.13 Å². The van der Waals surface area contributed by atoms with E-state index in [1.807, 2.05) is 36.4 Å². The lowest BCUT2D eigenvalue weighted by molar-refractivity contribution is -0.136. The Hall–Kier alpha value is -3.10. The van der Waals surface area contributed by atoms with E-state index >= 15 is 0 Å². The van der Waals surface area contributed by atoms with Crippen molar-refractivity contribution >= 4 is 50.3 Å². The zero-order chi connectivity index (χ0) is 25.2. The highest BCUT2D eigenvalue weighted by molar-refractivity contribution is 8.06. The van der Waals surface area contributed by atoms with E-state index in [1.54, 1.807) is 11.8 Å². The summed E-state index contributed by atoms with van der Waals surface area (Å²) in [6, 6.07) is 13.9. The number of para-hydroxylation sites is 1. The first-order chi connectivity index (χ1) is 17.5. The molecule has 1 amide bonds. The number of fused-ring (bicyclic) bond motifs is 2. The molecule has 3 heterocycles. The van der Waals surface area contributed by atoms with Crippen molar-refractivity contribution in [2.45, 2.75) is 39.7 Å². The second kappa shape index (κ2) is 10.5. The molecule has 0 aliphatic carbocycles. The molecule has 5 rings (SSSR count). The summed E-state index contributed by atoms with van der Waals surface area (Å²) in [4.78, 5) is 33.8. The van der Waals surface area contributed by atoms with E-state index in [2.05, 4.69) is 41.2 Å². The van der Waals surface area contributed by atoms with Crippen LogP contribution >= 0.6 is 23.1 Å². The molecule has 8 heteroatoms. The number of carbonyl (C=O) groups is 2. The Kier molecular flexibility index (Phi) is 7.16. The molecule has 0 spiro atoms. The van der Waals surface area contributed by atoms with Crippen molar-refractivity contribution < 1.29 is 14.3 Å². The van der Waals surface area contributed by atoms with Crippen LogP contribution in [0.25, 0.3) is 10.2 Å². The van der Waals surface area contributed by atoms with Crippen molar-refractivity contribution in [2.75, 3.05) is 19.0 Å². The van der Waals surface area contributed by atoms with E-state index in [0.29, 0.717) is 17.2 Å². The number of rotatable bonds is 5. The average molecular weight is 520 g/mol. The smallest absolute Gasteiger partial charge is 0.334 e. The molecule has 1 N–H and O–H groups in total. The molecular formula is C28H29N3O3S2. The molecule has 2 aliphatic rings. The van der Waals surface area contributed by atoms with E-state index in [0.717, 1.165) is 57.1 Å². The van der Waals surface area contributed by atoms with Crippen molar-refractivity contribution in [3.63, 3.8) is 0 Å². The number of allylic oxidation sites excluding steroid dienone is 2. The van der Waals surface area contributed by atoms with Gasteiger partial charge in [-0.05, 0) is 54.5 Å². The van der Waals surface area contributed by atoms with Crippen molar-refractivity contribution in [3.05, 3.63) is 80.7 Å². The Bertz CT molecular complexity index is 1360. The summed E-state index contributed by atoms with van der Waals surface area (Å²) in [7, 11) is 1.45. The fraction of sp³-hybridized carbons (Fsp3) is 0.321. The molecule has 36 heavy (non-hydrogen) atoms. The van der Waals surface area contributed by atoms with Gasteiger partial charge in [-0.15, -0.1) is 0 Å². The van der Waals surface area contributed by atoms with Gasteiger partial charge in [0, 0.05) is 23.6 Å². The molecular weight excluding hydrogens is 490 g/mol. The van der Waals surface area contributed by atoms with Crippen LogP contribution < -0.4 is 5.32 Å². The largest absolute Gasteiger partial charge is 0.466 e. The number of anilines is 1. The number of aromatic nitrogens is 1. The van der Waals surface area contributed by atoms with Crippen molar-refractivity contribution in [3.8, 4) is 0 Å². The van der Waals surface area contributed by atoms with Crippen LogP contribution in [0.2, 0.25) is 0 Å². The van der Waals surface area contributed by atoms with Gasteiger partial charge in [0.25, 0.3) is 5.91 Å². The number of carbonyl (C=O) groups excluding carboxylic acids is 2. The lowest BCUT2D eigenvalue weighted by Gasteiger charge is -2.33. The highest BCUT2D eigenvalue weighted by Gasteiger charge is 2.29. The summed E-state index contributed by atoms with van der Waals surface area (Å²) >= 11 is 3.15. The molecule has 3 aromatic rings. The number of benzene rings is 2. The van der Waals surface area contributed by atoms with Crippen molar-refractivity contribution in [1.82, 2.24) is 9.88 Å². The quantitative estimate of drug-likeness (QED) is 0.396. The lowest BCUT2D eigenvalue weighted by Crippen LogP contribution is -2.31. The van der Waals surface area contributed by atoms with Crippen LogP contribution in [-0.2, 0) is 22.5 Å². The molecule has 2 aromatic carbocycles. The molecule has 0 saturated heterocycles. The zero-order valence-electron chi connectivity index (χ0n) is 20.7. The maximum absolute atomic E-state index is 13.4. The minimum atomic E-state index is -0.237. The average Bonchev–Trinajstić information content (AvgIpc) is 3.22. The Balaban J connectivity index is 1.40. The first kappa shape index (κ1) is 24.6. The molecule has 0 radical (unpaired) electrons. The van der Waals surface area contributed by atoms with Gasteiger partial charge in [-0.1, -0.05) is 67.3 Å². The molecule has 0 bridgehead atoms. The maximum atomic E-state index is 13.4. The molecule has 1 atom stereocenters. The van der Waals surface area contributed by atoms with Gasteiger partial charge >= 0.3 is 5.97 Å². The molecule has 0 fully saturated rings. The predicted octanol–water partition coefficient (Wildman–Crippen LogP) is 6.36. The third kappa shape index (κ3) is 4.80. The van der Waals surface area contributed by atoms with E-state index in [1.165, 1.54) is 24.0 Å². The van der Waals surface area contributed by atoms with Gasteiger partial charge in [0.2, 0.25) is 0 Å². The standard InChI is InChI=1S/C28H29N3O3S2/c1-4-22-25(27(33)34-3)17(2)12-13-24(35-22)31-15-14-18-8-7-9-19(20(18)16-31)26(32)30-28-29-21-10-5-6-11-23(21)36-28/h5-11,13,17H,4,12,14-16H2,1-3H3,(H,29,30,32). The van der Waals surface area contributed by atoms with Gasteiger partial charge in [0.15, 0.2) is 5.13 Å². The third-order valence-electron chi connectivity index (χ3n) is 6.74. The molecule has 1 aromatic heterocycles. The topological polar surface area (TPSA) is 71.5 Å². The van der Waals surface area contributed by atoms with E-state index in [4.69, 9.17) is 4.74 Å². The van der Waals surface area contributed by atoms with Crippen LogP contribution in [0.1, 0.15) is 48.2 Å². The normalized spacial score (nSPS) is 17.9. The predicted molar refractivity (Wildman–Crippen MR) is 147 cm³/mol. The van der Waals surface area contributed by atoms with Gasteiger partial charge in [0.05, 0.1) is 27.9 Å². The second-order valence-electron chi connectivity index (χ2n) is 9.02. The summed E-state index contributed by atoms with van der Waals surface area (Å²) in [6.07, 6.45) is 4.65. The number of hydrogen-bond acceptors (Lipinski definition) is 7. The maximum Gasteiger partial charge on any atom is 0.334 e. The summed E-state index contributed by atoms with van der Waals surface area (Å²) in [5.41, 5.74) is 4.61. The van der Waals surface area contributed by atoms with Crippen LogP contribution in [0.15, 0.2) is 64.0 Å². The first-order valence-corrected chi connectivity index (χ1v) is 13.8. The van der Waals surface area contributed by atoms with Crippen LogP contribution in [0.5, 0.6) is 0 Å². The number of methoxy groups -OCH3 is 1. The van der Waals surface area contributed by atoms with E-state index < -0.39 is 0 Å². The molecule has 6 nitrogen and oxygen atoms in total. The molecule has 186 valence electrons. The Morgan fingerprint density at radius 1 is 1.19 bits per heavy atom. The van der Waals surface area contributed by atoms with Gasteiger partial charge in [-0.3, -0.25) is 10.1 Å². The SMILES string of the molecule is CCC1=C(C(=O)OC)C(C)CC=C(N2CCc3cccc(C(=O)Nc4nc5ccccc5s4)c3C2)S1. The lowest BCUT2D eigenvalue weighted by atomic mass is 9.94. The number of nitrogens with one attached hydrogen (secondary N) is 1. The number of ether oxygens (including phenoxy) is 1. The summed E-state index contributed by atoms with van der Waals surface area (Å²) in [5.74, 6) is -0.269.